The van der Waals surface area contributed by atoms with Crippen LogP contribution in [0.1, 0.15) is 40.0 Å². The van der Waals surface area contributed by atoms with Gasteiger partial charge in [-0.3, -0.25) is 0 Å². The van der Waals surface area contributed by atoms with E-state index in [0.29, 0.717) is 24.4 Å². The number of piperidine rings is 1. The Hall–Kier alpha value is 0.180. The van der Waals surface area contributed by atoms with E-state index in [-0.39, 0.29) is 6.04 Å². The first-order valence-electron chi connectivity index (χ1n) is 7.39. The first-order valence-corrected chi connectivity index (χ1v) is 10.1. The molecule has 0 saturated carbocycles. The van der Waals surface area contributed by atoms with E-state index in [1.165, 1.54) is 0 Å². The Bertz CT molecular complexity index is 374. The molecule has 0 radical (unpaired) electrons. The van der Waals surface area contributed by atoms with Crippen molar-refractivity contribution in [3.63, 3.8) is 0 Å². The smallest absolute Gasteiger partial charge is 0.279 e. The van der Waals surface area contributed by atoms with Crippen LogP contribution in [0.2, 0.25) is 0 Å². The van der Waals surface area contributed by atoms with Gasteiger partial charge < -0.3 is 5.32 Å². The molecule has 1 aliphatic heterocycles. The van der Waals surface area contributed by atoms with Crippen LogP contribution in [0.4, 0.5) is 0 Å². The third kappa shape index (κ3) is 5.89. The summed E-state index contributed by atoms with van der Waals surface area (Å²) in [6.07, 6.45) is 5.00. The lowest BCUT2D eigenvalue weighted by Crippen LogP contribution is -2.53. The number of hydrogen-bond donors (Lipinski definition) is 2. The summed E-state index contributed by atoms with van der Waals surface area (Å²) in [6, 6.07) is 0.458. The zero-order valence-corrected chi connectivity index (χ0v) is 14.7. The Labute approximate surface area is 128 Å². The average molecular weight is 324 g/mol. The molecule has 0 amide bonds. The van der Waals surface area contributed by atoms with E-state index in [1.54, 1.807) is 16.1 Å². The normalized spacial score (nSPS) is 23.1. The first kappa shape index (κ1) is 18.2. The molecule has 1 fully saturated rings. The average Bonchev–Trinajstić information content (AvgIpc) is 2.42. The van der Waals surface area contributed by atoms with Crippen molar-refractivity contribution in [2.75, 3.05) is 25.9 Å². The molecule has 120 valence electrons. The van der Waals surface area contributed by atoms with Crippen LogP contribution in [-0.4, -0.2) is 55.9 Å². The molecule has 1 rings (SSSR count). The molecular formula is C13H29N3O2S2. The quantitative estimate of drug-likeness (QED) is 0.709. The van der Waals surface area contributed by atoms with E-state index >= 15 is 0 Å². The summed E-state index contributed by atoms with van der Waals surface area (Å²) in [7, 11) is -3.36. The van der Waals surface area contributed by atoms with Crippen LogP contribution in [0.3, 0.4) is 0 Å². The van der Waals surface area contributed by atoms with Gasteiger partial charge in [0.15, 0.2) is 0 Å². The highest BCUT2D eigenvalue weighted by molar-refractivity contribution is 7.99. The number of nitrogens with one attached hydrogen (secondary N) is 2. The monoisotopic (exact) mass is 323 g/mol. The maximum absolute atomic E-state index is 12.4. The third-order valence-corrected chi connectivity index (χ3v) is 6.20. The Morgan fingerprint density at radius 2 is 2.00 bits per heavy atom. The fourth-order valence-electron chi connectivity index (χ4n) is 2.26. The maximum Gasteiger partial charge on any atom is 0.279 e. The van der Waals surface area contributed by atoms with Crippen LogP contribution in [0.25, 0.3) is 0 Å². The summed E-state index contributed by atoms with van der Waals surface area (Å²) >= 11 is 1.67. The molecule has 1 heterocycles. The molecule has 2 atom stereocenters. The van der Waals surface area contributed by atoms with Crippen molar-refractivity contribution in [3.8, 4) is 0 Å². The van der Waals surface area contributed by atoms with Gasteiger partial charge in [-0.2, -0.15) is 24.5 Å². The van der Waals surface area contributed by atoms with Gasteiger partial charge >= 0.3 is 0 Å². The topological polar surface area (TPSA) is 61.4 Å². The van der Waals surface area contributed by atoms with Gasteiger partial charge in [0, 0.05) is 37.0 Å². The predicted octanol–water partition coefficient (Wildman–Crippen LogP) is 1.42. The van der Waals surface area contributed by atoms with Crippen LogP contribution in [0, 0.1) is 0 Å². The lowest BCUT2D eigenvalue weighted by molar-refractivity contribution is 0.239. The molecule has 0 aliphatic carbocycles. The predicted molar refractivity (Wildman–Crippen MR) is 87.4 cm³/mol. The molecule has 1 aliphatic rings. The summed E-state index contributed by atoms with van der Waals surface area (Å²) in [5.74, 6) is 0. The standard InChI is InChI=1S/C13H29N3O2S2/c1-11(2)14-10-13-7-5-6-8-16(13)20(17,18)15-9-12(3)19-4/h11-15H,5-10H2,1-4H3. The molecule has 0 bridgehead atoms. The minimum absolute atomic E-state index is 0.0771. The van der Waals surface area contributed by atoms with Crippen LogP contribution in [0.5, 0.6) is 0 Å². The fourth-order valence-corrected chi connectivity index (χ4v) is 4.18. The van der Waals surface area contributed by atoms with Crippen molar-refractivity contribution in [2.45, 2.75) is 57.4 Å². The van der Waals surface area contributed by atoms with E-state index in [9.17, 15) is 8.42 Å². The van der Waals surface area contributed by atoms with Gasteiger partial charge in [-0.05, 0) is 19.1 Å². The molecule has 0 aromatic heterocycles. The Morgan fingerprint density at radius 1 is 1.30 bits per heavy atom. The second-order valence-electron chi connectivity index (χ2n) is 5.72. The maximum atomic E-state index is 12.4. The molecule has 5 nitrogen and oxygen atoms in total. The second kappa shape index (κ2) is 8.58. The van der Waals surface area contributed by atoms with Gasteiger partial charge in [0.25, 0.3) is 10.2 Å². The Morgan fingerprint density at radius 3 is 2.60 bits per heavy atom. The van der Waals surface area contributed by atoms with E-state index < -0.39 is 10.2 Å². The number of nitrogens with zero attached hydrogens (tertiary/aromatic N) is 1. The largest absolute Gasteiger partial charge is 0.313 e. The summed E-state index contributed by atoms with van der Waals surface area (Å²) in [6.45, 7) is 8.05. The van der Waals surface area contributed by atoms with Crippen LogP contribution in [-0.2, 0) is 10.2 Å². The van der Waals surface area contributed by atoms with E-state index in [4.69, 9.17) is 0 Å². The summed E-state index contributed by atoms with van der Waals surface area (Å²) in [4.78, 5) is 0. The van der Waals surface area contributed by atoms with Crippen LogP contribution in [0.15, 0.2) is 0 Å². The van der Waals surface area contributed by atoms with Crippen LogP contribution >= 0.6 is 11.8 Å². The molecular weight excluding hydrogens is 294 g/mol. The second-order valence-corrected chi connectivity index (χ2v) is 8.71. The Balaban J connectivity index is 2.62. The summed E-state index contributed by atoms with van der Waals surface area (Å²) in [5, 5.41) is 3.65. The fraction of sp³-hybridized carbons (Fsp3) is 1.00. The highest BCUT2D eigenvalue weighted by atomic mass is 32.2. The van der Waals surface area contributed by atoms with Crippen molar-refractivity contribution in [1.29, 1.82) is 0 Å². The van der Waals surface area contributed by atoms with Crippen molar-refractivity contribution in [2.24, 2.45) is 0 Å². The van der Waals surface area contributed by atoms with Gasteiger partial charge in [0.2, 0.25) is 0 Å². The van der Waals surface area contributed by atoms with Gasteiger partial charge in [-0.25, -0.2) is 4.72 Å². The number of hydrogen-bond acceptors (Lipinski definition) is 4. The minimum atomic E-state index is -3.36. The SMILES string of the molecule is CSC(C)CNS(=O)(=O)N1CCCCC1CNC(C)C. The van der Waals surface area contributed by atoms with Crippen molar-refractivity contribution < 1.29 is 8.42 Å². The molecule has 1 saturated heterocycles. The van der Waals surface area contributed by atoms with E-state index in [0.717, 1.165) is 25.8 Å². The molecule has 0 aromatic carbocycles. The Kier molecular flexibility index (Phi) is 7.82. The van der Waals surface area contributed by atoms with Gasteiger partial charge in [0.1, 0.15) is 0 Å². The van der Waals surface area contributed by atoms with Crippen molar-refractivity contribution >= 4 is 22.0 Å². The highest BCUT2D eigenvalue weighted by Crippen LogP contribution is 2.19. The highest BCUT2D eigenvalue weighted by Gasteiger charge is 2.32. The molecule has 0 aromatic rings. The van der Waals surface area contributed by atoms with Gasteiger partial charge in [-0.15, -0.1) is 0 Å². The lowest BCUT2D eigenvalue weighted by atomic mass is 10.0. The lowest BCUT2D eigenvalue weighted by Gasteiger charge is -2.35. The summed E-state index contributed by atoms with van der Waals surface area (Å²) < 4.78 is 29.3. The zero-order valence-electron chi connectivity index (χ0n) is 13.1. The van der Waals surface area contributed by atoms with Crippen molar-refractivity contribution in [3.05, 3.63) is 0 Å². The molecule has 2 N–H and O–H groups in total. The third-order valence-electron chi connectivity index (χ3n) is 3.60. The molecule has 0 spiro atoms. The molecule has 7 heteroatoms. The van der Waals surface area contributed by atoms with Crippen molar-refractivity contribution in [1.82, 2.24) is 14.3 Å². The number of rotatable bonds is 8. The summed E-state index contributed by atoms with van der Waals surface area (Å²) in [5.41, 5.74) is 0. The van der Waals surface area contributed by atoms with E-state index in [1.807, 2.05) is 13.2 Å². The van der Waals surface area contributed by atoms with Gasteiger partial charge in [0.05, 0.1) is 0 Å². The first-order chi connectivity index (χ1) is 9.36. The minimum Gasteiger partial charge on any atom is -0.313 e. The molecule has 2 unspecified atom stereocenters. The van der Waals surface area contributed by atoms with Gasteiger partial charge in [-0.1, -0.05) is 27.2 Å². The molecule has 20 heavy (non-hydrogen) atoms. The van der Waals surface area contributed by atoms with E-state index in [2.05, 4.69) is 23.9 Å². The van der Waals surface area contributed by atoms with Crippen LogP contribution < -0.4 is 10.0 Å². The zero-order chi connectivity index (χ0) is 15.2. The number of thioether (sulfide) groups is 1.